The van der Waals surface area contributed by atoms with Crippen LogP contribution in [0.15, 0.2) is 48.8 Å². The standard InChI is InChI=1S/C17H19N3O/c18-8-1-2-10-21-17-7-3-5-15(11-17)12-20-14-16-6-4-9-19-13-16/h3-7,9,11,13,20H,1-2,10,12,14H2. The van der Waals surface area contributed by atoms with Crippen molar-refractivity contribution in [2.75, 3.05) is 6.61 Å². The fourth-order valence-corrected chi connectivity index (χ4v) is 1.94. The predicted molar refractivity (Wildman–Crippen MR) is 81.6 cm³/mol. The third-order valence-corrected chi connectivity index (χ3v) is 2.98. The minimum atomic E-state index is 0.534. The molecule has 0 aliphatic heterocycles. The number of nitrogens with one attached hydrogen (secondary N) is 1. The van der Waals surface area contributed by atoms with Crippen LogP contribution in [0.2, 0.25) is 0 Å². The van der Waals surface area contributed by atoms with Crippen molar-refractivity contribution in [3.63, 3.8) is 0 Å². The fourth-order valence-electron chi connectivity index (χ4n) is 1.94. The molecule has 0 spiro atoms. The molecule has 1 heterocycles. The van der Waals surface area contributed by atoms with Crippen LogP contribution in [0.25, 0.3) is 0 Å². The van der Waals surface area contributed by atoms with Crippen LogP contribution in [-0.2, 0) is 13.1 Å². The monoisotopic (exact) mass is 281 g/mol. The Balaban J connectivity index is 1.77. The van der Waals surface area contributed by atoms with Crippen molar-refractivity contribution < 1.29 is 4.74 Å². The summed E-state index contributed by atoms with van der Waals surface area (Å²) >= 11 is 0. The Morgan fingerprint density at radius 1 is 1.14 bits per heavy atom. The summed E-state index contributed by atoms with van der Waals surface area (Å²) < 4.78 is 5.62. The van der Waals surface area contributed by atoms with Gasteiger partial charge in [-0.05, 0) is 35.7 Å². The molecule has 0 aliphatic carbocycles. The van der Waals surface area contributed by atoms with E-state index in [-0.39, 0.29) is 0 Å². The zero-order valence-corrected chi connectivity index (χ0v) is 12.0. The highest BCUT2D eigenvalue weighted by molar-refractivity contribution is 5.28. The molecule has 0 amide bonds. The van der Waals surface area contributed by atoms with Crippen LogP contribution in [0, 0.1) is 11.3 Å². The van der Waals surface area contributed by atoms with Gasteiger partial charge in [-0.2, -0.15) is 5.26 Å². The summed E-state index contributed by atoms with van der Waals surface area (Å²) in [6.45, 7) is 2.16. The predicted octanol–water partition coefficient (Wildman–Crippen LogP) is 3.05. The number of unbranched alkanes of at least 4 members (excludes halogenated alkanes) is 1. The van der Waals surface area contributed by atoms with Gasteiger partial charge in [-0.15, -0.1) is 0 Å². The number of ether oxygens (including phenoxy) is 1. The molecule has 21 heavy (non-hydrogen) atoms. The lowest BCUT2D eigenvalue weighted by Crippen LogP contribution is -2.12. The van der Waals surface area contributed by atoms with Crippen molar-refractivity contribution in [2.45, 2.75) is 25.9 Å². The van der Waals surface area contributed by atoms with Gasteiger partial charge in [-0.25, -0.2) is 0 Å². The van der Waals surface area contributed by atoms with Crippen molar-refractivity contribution in [3.8, 4) is 11.8 Å². The normalized spacial score (nSPS) is 10.0. The van der Waals surface area contributed by atoms with E-state index in [9.17, 15) is 0 Å². The summed E-state index contributed by atoms with van der Waals surface area (Å²) in [5.74, 6) is 0.855. The highest BCUT2D eigenvalue weighted by Gasteiger charge is 1.98. The van der Waals surface area contributed by atoms with Crippen molar-refractivity contribution >= 4 is 0 Å². The molecule has 1 aromatic carbocycles. The Morgan fingerprint density at radius 2 is 2.00 bits per heavy atom. The molecular weight excluding hydrogens is 262 g/mol. The van der Waals surface area contributed by atoms with Crippen LogP contribution < -0.4 is 10.1 Å². The van der Waals surface area contributed by atoms with Crippen LogP contribution >= 0.6 is 0 Å². The van der Waals surface area contributed by atoms with E-state index in [0.717, 1.165) is 25.3 Å². The third kappa shape index (κ3) is 5.64. The number of hydrogen-bond acceptors (Lipinski definition) is 4. The number of nitriles is 1. The van der Waals surface area contributed by atoms with E-state index in [1.807, 2.05) is 30.5 Å². The molecule has 4 heteroatoms. The number of pyridine rings is 1. The minimum absolute atomic E-state index is 0.534. The Morgan fingerprint density at radius 3 is 2.81 bits per heavy atom. The van der Waals surface area contributed by atoms with Crippen LogP contribution in [0.4, 0.5) is 0 Å². The Bertz CT molecular complexity index is 578. The molecule has 0 aliphatic rings. The third-order valence-electron chi connectivity index (χ3n) is 2.98. The summed E-state index contributed by atoms with van der Waals surface area (Å²) in [5, 5.41) is 11.9. The van der Waals surface area contributed by atoms with Gasteiger partial charge < -0.3 is 10.1 Å². The van der Waals surface area contributed by atoms with Crippen LogP contribution in [0.3, 0.4) is 0 Å². The molecule has 0 unspecified atom stereocenters. The van der Waals surface area contributed by atoms with Crippen molar-refractivity contribution in [3.05, 3.63) is 59.9 Å². The molecule has 0 bridgehead atoms. The second-order valence-electron chi connectivity index (χ2n) is 4.72. The van der Waals surface area contributed by atoms with Crippen molar-refractivity contribution in [2.24, 2.45) is 0 Å². The molecule has 0 saturated heterocycles. The second kappa shape index (κ2) is 8.72. The zero-order valence-electron chi connectivity index (χ0n) is 12.0. The van der Waals surface area contributed by atoms with Crippen LogP contribution in [0.5, 0.6) is 5.75 Å². The van der Waals surface area contributed by atoms with E-state index >= 15 is 0 Å². The summed E-state index contributed by atoms with van der Waals surface area (Å²) in [6, 6.07) is 14.1. The number of aromatic nitrogens is 1. The molecule has 1 aromatic heterocycles. The maximum absolute atomic E-state index is 8.48. The lowest BCUT2D eigenvalue weighted by molar-refractivity contribution is 0.312. The van der Waals surface area contributed by atoms with Gasteiger partial charge in [0, 0.05) is 31.9 Å². The largest absolute Gasteiger partial charge is 0.494 e. The van der Waals surface area contributed by atoms with Gasteiger partial charge in [0.1, 0.15) is 5.75 Å². The molecule has 0 saturated carbocycles. The van der Waals surface area contributed by atoms with E-state index in [2.05, 4.69) is 28.5 Å². The van der Waals surface area contributed by atoms with E-state index in [1.165, 1.54) is 11.1 Å². The van der Waals surface area contributed by atoms with E-state index in [4.69, 9.17) is 10.00 Å². The molecule has 4 nitrogen and oxygen atoms in total. The molecule has 0 radical (unpaired) electrons. The summed E-state index contributed by atoms with van der Waals surface area (Å²) in [4.78, 5) is 4.09. The van der Waals surface area contributed by atoms with Gasteiger partial charge in [0.05, 0.1) is 12.7 Å². The lowest BCUT2D eigenvalue weighted by atomic mass is 10.2. The first-order valence-corrected chi connectivity index (χ1v) is 7.07. The van der Waals surface area contributed by atoms with Gasteiger partial charge in [-0.1, -0.05) is 18.2 Å². The average Bonchev–Trinajstić information content (AvgIpc) is 2.53. The summed E-state index contributed by atoms with van der Waals surface area (Å²) in [5.41, 5.74) is 2.35. The maximum Gasteiger partial charge on any atom is 0.119 e. The number of rotatable bonds is 8. The second-order valence-corrected chi connectivity index (χ2v) is 4.72. The molecule has 0 fully saturated rings. The molecule has 108 valence electrons. The van der Waals surface area contributed by atoms with Crippen molar-refractivity contribution in [1.29, 1.82) is 5.26 Å². The SMILES string of the molecule is N#CCCCOc1cccc(CNCc2cccnc2)c1. The summed E-state index contributed by atoms with van der Waals surface area (Å²) in [7, 11) is 0. The highest BCUT2D eigenvalue weighted by Crippen LogP contribution is 2.13. The first-order chi connectivity index (χ1) is 10.4. The summed E-state index contributed by atoms with van der Waals surface area (Å²) in [6.07, 6.45) is 4.94. The Kier molecular flexibility index (Phi) is 6.24. The van der Waals surface area contributed by atoms with Gasteiger partial charge in [0.25, 0.3) is 0 Å². The van der Waals surface area contributed by atoms with Gasteiger partial charge >= 0.3 is 0 Å². The topological polar surface area (TPSA) is 57.9 Å². The first kappa shape index (κ1) is 15.0. The van der Waals surface area contributed by atoms with Crippen LogP contribution in [-0.4, -0.2) is 11.6 Å². The smallest absolute Gasteiger partial charge is 0.119 e. The fraction of sp³-hybridized carbons (Fsp3) is 0.294. The quantitative estimate of drug-likeness (QED) is 0.756. The van der Waals surface area contributed by atoms with E-state index in [1.54, 1.807) is 6.20 Å². The molecule has 2 aromatic rings. The Labute approximate surface area is 125 Å². The maximum atomic E-state index is 8.48. The van der Waals surface area contributed by atoms with Crippen LogP contribution in [0.1, 0.15) is 24.0 Å². The molecule has 1 N–H and O–H groups in total. The number of nitrogens with zero attached hydrogens (tertiary/aromatic N) is 2. The zero-order chi connectivity index (χ0) is 14.8. The Hall–Kier alpha value is -2.38. The minimum Gasteiger partial charge on any atom is -0.494 e. The molecule has 2 rings (SSSR count). The van der Waals surface area contributed by atoms with Gasteiger partial charge in [0.2, 0.25) is 0 Å². The van der Waals surface area contributed by atoms with E-state index in [0.29, 0.717) is 13.0 Å². The number of hydrogen-bond donors (Lipinski definition) is 1. The molecular formula is C17H19N3O. The number of benzene rings is 1. The molecule has 0 atom stereocenters. The van der Waals surface area contributed by atoms with Crippen molar-refractivity contribution in [1.82, 2.24) is 10.3 Å². The lowest BCUT2D eigenvalue weighted by Gasteiger charge is -2.08. The average molecular weight is 281 g/mol. The highest BCUT2D eigenvalue weighted by atomic mass is 16.5. The van der Waals surface area contributed by atoms with E-state index < -0.39 is 0 Å². The van der Waals surface area contributed by atoms with Gasteiger partial charge in [-0.3, -0.25) is 4.98 Å². The first-order valence-electron chi connectivity index (χ1n) is 7.07. The van der Waals surface area contributed by atoms with Gasteiger partial charge in [0.15, 0.2) is 0 Å².